The molecular formula is C17H16N2O3. The van der Waals surface area contributed by atoms with Crippen LogP contribution in [-0.4, -0.2) is 25.0 Å². The van der Waals surface area contributed by atoms with Gasteiger partial charge < -0.3 is 10.5 Å². The Balaban J connectivity index is 2.03. The van der Waals surface area contributed by atoms with E-state index in [0.717, 1.165) is 5.69 Å². The summed E-state index contributed by atoms with van der Waals surface area (Å²) in [6, 6.07) is 13.6. The number of ketones is 1. The van der Waals surface area contributed by atoms with Gasteiger partial charge in [0.05, 0.1) is 18.7 Å². The van der Waals surface area contributed by atoms with Crippen molar-refractivity contribution in [2.75, 3.05) is 6.61 Å². The molecule has 0 spiro atoms. The Bertz CT molecular complexity index is 676. The van der Waals surface area contributed by atoms with Gasteiger partial charge in [-0.15, -0.1) is 0 Å². The van der Waals surface area contributed by atoms with Crippen LogP contribution in [0.4, 0.5) is 5.69 Å². The van der Waals surface area contributed by atoms with E-state index in [-0.39, 0.29) is 18.8 Å². The number of amides is 1. The number of aliphatic imine (C=N–C) groups is 1. The molecule has 0 bridgehead atoms. The highest BCUT2D eigenvalue weighted by Crippen LogP contribution is 2.18. The molecule has 22 heavy (non-hydrogen) atoms. The lowest BCUT2D eigenvalue weighted by atomic mass is 10.0. The number of hydrogen-bond acceptors (Lipinski definition) is 4. The number of carbonyl (C=O) groups is 2. The van der Waals surface area contributed by atoms with Crippen molar-refractivity contribution < 1.29 is 14.3 Å². The van der Waals surface area contributed by atoms with Gasteiger partial charge in [-0.3, -0.25) is 14.6 Å². The molecule has 0 fully saturated rings. The highest BCUT2D eigenvalue weighted by atomic mass is 16.5. The van der Waals surface area contributed by atoms with Crippen molar-refractivity contribution in [3.05, 3.63) is 59.7 Å². The molecule has 0 saturated carbocycles. The van der Waals surface area contributed by atoms with Crippen LogP contribution in [0.5, 0.6) is 5.75 Å². The fraction of sp³-hybridized carbons (Fsp3) is 0.118. The molecule has 0 aromatic heterocycles. The molecule has 0 aliphatic heterocycles. The van der Waals surface area contributed by atoms with E-state index < -0.39 is 5.91 Å². The first kappa shape index (κ1) is 15.4. The number of nitrogens with zero attached hydrogens (tertiary/aromatic N) is 1. The SMILES string of the molecule is C=Nc1ccc(C(=O)c2ccc(OCCC(N)=O)cc2)cc1. The smallest absolute Gasteiger partial charge is 0.220 e. The van der Waals surface area contributed by atoms with E-state index in [0.29, 0.717) is 16.9 Å². The van der Waals surface area contributed by atoms with Crippen molar-refractivity contribution in [3.8, 4) is 5.75 Å². The standard InChI is InChI=1S/C17H16N2O3/c1-19-14-6-2-12(3-7-14)17(21)13-4-8-15(9-5-13)22-11-10-16(18)20/h2-9H,1,10-11H2,(H2,18,20). The average molecular weight is 296 g/mol. The first-order chi connectivity index (χ1) is 10.6. The van der Waals surface area contributed by atoms with E-state index >= 15 is 0 Å². The van der Waals surface area contributed by atoms with Gasteiger partial charge >= 0.3 is 0 Å². The van der Waals surface area contributed by atoms with Crippen molar-refractivity contribution >= 4 is 24.1 Å². The number of nitrogens with two attached hydrogens (primary N) is 1. The van der Waals surface area contributed by atoms with E-state index in [1.54, 1.807) is 48.5 Å². The minimum atomic E-state index is -0.413. The molecule has 112 valence electrons. The Morgan fingerprint density at radius 1 is 1.00 bits per heavy atom. The van der Waals surface area contributed by atoms with Crippen molar-refractivity contribution in [3.63, 3.8) is 0 Å². The number of rotatable bonds is 7. The van der Waals surface area contributed by atoms with Gasteiger partial charge in [-0.05, 0) is 55.2 Å². The van der Waals surface area contributed by atoms with Gasteiger partial charge in [-0.2, -0.15) is 0 Å². The summed E-state index contributed by atoms with van der Waals surface area (Å²) in [4.78, 5) is 26.7. The van der Waals surface area contributed by atoms with Gasteiger partial charge in [0.2, 0.25) is 5.91 Å². The Kier molecular flexibility index (Phi) is 5.03. The number of primary amides is 1. The Morgan fingerprint density at radius 2 is 1.55 bits per heavy atom. The molecule has 2 aromatic rings. The second kappa shape index (κ2) is 7.17. The molecule has 5 nitrogen and oxygen atoms in total. The van der Waals surface area contributed by atoms with Crippen LogP contribution in [0.3, 0.4) is 0 Å². The summed E-state index contributed by atoms with van der Waals surface area (Å²) in [6.45, 7) is 3.65. The van der Waals surface area contributed by atoms with Crippen molar-refractivity contribution in [2.45, 2.75) is 6.42 Å². The zero-order valence-corrected chi connectivity index (χ0v) is 12.0. The second-order valence-electron chi connectivity index (χ2n) is 4.62. The molecule has 1 amide bonds. The molecule has 0 heterocycles. The van der Waals surface area contributed by atoms with Crippen molar-refractivity contribution in [1.82, 2.24) is 0 Å². The normalized spacial score (nSPS) is 10.0. The maximum Gasteiger partial charge on any atom is 0.220 e. The monoisotopic (exact) mass is 296 g/mol. The maximum atomic E-state index is 12.3. The van der Waals surface area contributed by atoms with Crippen LogP contribution in [-0.2, 0) is 4.79 Å². The van der Waals surface area contributed by atoms with Crippen LogP contribution in [0.1, 0.15) is 22.3 Å². The number of carbonyl (C=O) groups excluding carboxylic acids is 2. The third kappa shape index (κ3) is 4.02. The maximum absolute atomic E-state index is 12.3. The zero-order chi connectivity index (χ0) is 15.9. The summed E-state index contributed by atoms with van der Waals surface area (Å²) < 4.78 is 5.36. The topological polar surface area (TPSA) is 81.8 Å². The van der Waals surface area contributed by atoms with Gasteiger partial charge in [0.1, 0.15) is 5.75 Å². The molecule has 0 saturated heterocycles. The second-order valence-corrected chi connectivity index (χ2v) is 4.62. The summed E-state index contributed by atoms with van der Waals surface area (Å²) >= 11 is 0. The molecule has 0 atom stereocenters. The third-order valence-electron chi connectivity index (χ3n) is 3.05. The third-order valence-corrected chi connectivity index (χ3v) is 3.05. The molecule has 0 aliphatic carbocycles. The van der Waals surface area contributed by atoms with E-state index in [9.17, 15) is 9.59 Å². The highest BCUT2D eigenvalue weighted by molar-refractivity contribution is 6.09. The average Bonchev–Trinajstić information content (AvgIpc) is 2.54. The zero-order valence-electron chi connectivity index (χ0n) is 12.0. The first-order valence-corrected chi connectivity index (χ1v) is 6.73. The van der Waals surface area contributed by atoms with Crippen LogP contribution in [0.15, 0.2) is 53.5 Å². The molecule has 5 heteroatoms. The Labute approximate surface area is 128 Å². The predicted molar refractivity (Wildman–Crippen MR) is 84.8 cm³/mol. The fourth-order valence-electron chi connectivity index (χ4n) is 1.86. The van der Waals surface area contributed by atoms with Crippen LogP contribution < -0.4 is 10.5 Å². The molecule has 2 N–H and O–H groups in total. The number of hydrogen-bond donors (Lipinski definition) is 1. The largest absolute Gasteiger partial charge is 0.493 e. The highest BCUT2D eigenvalue weighted by Gasteiger charge is 2.09. The number of benzene rings is 2. The van der Waals surface area contributed by atoms with E-state index in [2.05, 4.69) is 11.7 Å². The van der Waals surface area contributed by atoms with Gasteiger partial charge in [0, 0.05) is 11.1 Å². The van der Waals surface area contributed by atoms with Gasteiger partial charge in [-0.1, -0.05) is 0 Å². The van der Waals surface area contributed by atoms with Crippen molar-refractivity contribution in [1.29, 1.82) is 0 Å². The van der Waals surface area contributed by atoms with Crippen molar-refractivity contribution in [2.24, 2.45) is 10.7 Å². The lowest BCUT2D eigenvalue weighted by Crippen LogP contribution is -2.14. The van der Waals surface area contributed by atoms with Gasteiger partial charge in [0.25, 0.3) is 0 Å². The quantitative estimate of drug-likeness (QED) is 0.629. The summed E-state index contributed by atoms with van der Waals surface area (Å²) in [6.07, 6.45) is 0.157. The Morgan fingerprint density at radius 3 is 2.05 bits per heavy atom. The van der Waals surface area contributed by atoms with Crippen LogP contribution in [0, 0.1) is 0 Å². The van der Waals surface area contributed by atoms with Gasteiger partial charge in [-0.25, -0.2) is 0 Å². The minimum Gasteiger partial charge on any atom is -0.493 e. The van der Waals surface area contributed by atoms with E-state index in [1.807, 2.05) is 0 Å². The van der Waals surface area contributed by atoms with Gasteiger partial charge in [0.15, 0.2) is 5.78 Å². The molecule has 0 radical (unpaired) electrons. The predicted octanol–water partition coefficient (Wildman–Crippen LogP) is 2.50. The number of ether oxygens (including phenoxy) is 1. The lowest BCUT2D eigenvalue weighted by molar-refractivity contribution is -0.118. The fourth-order valence-corrected chi connectivity index (χ4v) is 1.86. The van der Waals surface area contributed by atoms with E-state index in [4.69, 9.17) is 10.5 Å². The van der Waals surface area contributed by atoms with E-state index in [1.165, 1.54) is 0 Å². The van der Waals surface area contributed by atoms with Crippen LogP contribution in [0.25, 0.3) is 0 Å². The molecule has 0 unspecified atom stereocenters. The van der Waals surface area contributed by atoms with Crippen LogP contribution >= 0.6 is 0 Å². The summed E-state index contributed by atoms with van der Waals surface area (Å²) in [5.41, 5.74) is 6.88. The minimum absolute atomic E-state index is 0.0840. The molecular weight excluding hydrogens is 280 g/mol. The van der Waals surface area contributed by atoms with Crippen LogP contribution in [0.2, 0.25) is 0 Å². The molecule has 2 rings (SSSR count). The Hall–Kier alpha value is -2.95. The summed E-state index contributed by atoms with van der Waals surface area (Å²) in [5.74, 6) is 0.0903. The molecule has 2 aromatic carbocycles. The summed E-state index contributed by atoms with van der Waals surface area (Å²) in [7, 11) is 0. The first-order valence-electron chi connectivity index (χ1n) is 6.73. The lowest BCUT2D eigenvalue weighted by Gasteiger charge is -2.06. The molecule has 0 aliphatic rings. The summed E-state index contributed by atoms with van der Waals surface area (Å²) in [5, 5.41) is 0.